The van der Waals surface area contributed by atoms with Crippen molar-refractivity contribution in [2.24, 2.45) is 5.92 Å². The number of alkyl halides is 1. The van der Waals surface area contributed by atoms with Crippen molar-refractivity contribution in [2.75, 3.05) is 5.33 Å². The predicted octanol–water partition coefficient (Wildman–Crippen LogP) is 2.98. The van der Waals surface area contributed by atoms with Gasteiger partial charge in [0.1, 0.15) is 0 Å². The first-order valence-electron chi connectivity index (χ1n) is 2.89. The molecule has 0 aliphatic heterocycles. The number of hydrogen-bond acceptors (Lipinski definition) is 0. The van der Waals surface area contributed by atoms with E-state index in [0.717, 1.165) is 17.7 Å². The van der Waals surface area contributed by atoms with Crippen molar-refractivity contribution in [3.63, 3.8) is 0 Å². The van der Waals surface area contributed by atoms with Gasteiger partial charge in [-0.1, -0.05) is 41.9 Å². The van der Waals surface area contributed by atoms with Gasteiger partial charge in [0, 0.05) is 5.33 Å². The van der Waals surface area contributed by atoms with Gasteiger partial charge in [-0.05, 0) is 12.3 Å². The van der Waals surface area contributed by atoms with Gasteiger partial charge in [0.25, 0.3) is 0 Å². The highest BCUT2D eigenvalue weighted by Gasteiger charge is 1.94. The minimum atomic E-state index is 0.750. The van der Waals surface area contributed by atoms with Gasteiger partial charge < -0.3 is 0 Å². The van der Waals surface area contributed by atoms with E-state index in [1.54, 1.807) is 0 Å². The molecule has 0 radical (unpaired) electrons. The maximum Gasteiger partial charge on any atom is 0.0239 e. The Morgan fingerprint density at radius 2 is 2.12 bits per heavy atom. The Balaban J connectivity index is 3.25. The SMILES string of the molecule is C=C(CBr)CC(C)C. The van der Waals surface area contributed by atoms with Crippen LogP contribution in [0.4, 0.5) is 0 Å². The summed E-state index contributed by atoms with van der Waals surface area (Å²) in [6, 6.07) is 0. The molecule has 1 heteroatoms. The van der Waals surface area contributed by atoms with Crippen LogP contribution in [0.5, 0.6) is 0 Å². The van der Waals surface area contributed by atoms with Gasteiger partial charge >= 0.3 is 0 Å². The average Bonchev–Trinajstić information content (AvgIpc) is 1.65. The molecule has 0 fully saturated rings. The predicted molar refractivity (Wildman–Crippen MR) is 42.4 cm³/mol. The average molecular weight is 177 g/mol. The van der Waals surface area contributed by atoms with Crippen LogP contribution in [-0.2, 0) is 0 Å². The van der Waals surface area contributed by atoms with Crippen LogP contribution in [0.25, 0.3) is 0 Å². The summed E-state index contributed by atoms with van der Waals surface area (Å²) in [7, 11) is 0. The minimum absolute atomic E-state index is 0.750. The number of allylic oxidation sites excluding steroid dienone is 1. The first kappa shape index (κ1) is 8.22. The molecule has 0 atom stereocenters. The summed E-state index contributed by atoms with van der Waals surface area (Å²) in [6.45, 7) is 8.27. The monoisotopic (exact) mass is 176 g/mol. The van der Waals surface area contributed by atoms with Gasteiger partial charge in [-0.25, -0.2) is 0 Å². The third-order valence-corrected chi connectivity index (χ3v) is 1.68. The quantitative estimate of drug-likeness (QED) is 0.459. The Bertz CT molecular complexity index is 74.5. The van der Waals surface area contributed by atoms with E-state index in [4.69, 9.17) is 0 Å². The first-order chi connectivity index (χ1) is 3.66. The molecule has 0 aromatic rings. The molecule has 0 saturated heterocycles. The summed E-state index contributed by atoms with van der Waals surface area (Å²) < 4.78 is 0. The number of hydrogen-bond donors (Lipinski definition) is 0. The third kappa shape index (κ3) is 4.38. The van der Waals surface area contributed by atoms with Crippen molar-refractivity contribution in [2.45, 2.75) is 20.3 Å². The molecule has 8 heavy (non-hydrogen) atoms. The maximum absolute atomic E-state index is 3.87. The van der Waals surface area contributed by atoms with Gasteiger partial charge in [-0.3, -0.25) is 0 Å². The second-order valence-corrected chi connectivity index (χ2v) is 3.04. The van der Waals surface area contributed by atoms with Crippen molar-refractivity contribution < 1.29 is 0 Å². The van der Waals surface area contributed by atoms with Crippen LogP contribution in [-0.4, -0.2) is 5.33 Å². The Kier molecular flexibility index (Phi) is 4.25. The van der Waals surface area contributed by atoms with Crippen LogP contribution in [0.3, 0.4) is 0 Å². The lowest BCUT2D eigenvalue weighted by Gasteiger charge is -2.02. The molecular weight excluding hydrogens is 164 g/mol. The molecule has 0 aliphatic carbocycles. The van der Waals surface area contributed by atoms with E-state index in [1.165, 1.54) is 5.57 Å². The van der Waals surface area contributed by atoms with Crippen LogP contribution in [0, 0.1) is 5.92 Å². The molecule has 0 rings (SSSR count). The van der Waals surface area contributed by atoms with E-state index in [-0.39, 0.29) is 0 Å². The zero-order valence-corrected chi connectivity index (χ0v) is 7.16. The van der Waals surface area contributed by atoms with E-state index < -0.39 is 0 Å². The molecule has 0 bridgehead atoms. The van der Waals surface area contributed by atoms with Crippen LogP contribution >= 0.6 is 15.9 Å². The fraction of sp³-hybridized carbons (Fsp3) is 0.714. The van der Waals surface area contributed by atoms with E-state index in [9.17, 15) is 0 Å². The lowest BCUT2D eigenvalue weighted by molar-refractivity contribution is 0.645. The molecule has 0 spiro atoms. The van der Waals surface area contributed by atoms with Crippen molar-refractivity contribution in [1.82, 2.24) is 0 Å². The lowest BCUT2D eigenvalue weighted by atomic mass is 10.1. The Morgan fingerprint density at radius 3 is 2.25 bits per heavy atom. The van der Waals surface area contributed by atoms with E-state index in [2.05, 4.69) is 36.4 Å². The number of halogens is 1. The van der Waals surface area contributed by atoms with Crippen molar-refractivity contribution in [1.29, 1.82) is 0 Å². The smallest absolute Gasteiger partial charge is 0.0239 e. The summed E-state index contributed by atoms with van der Waals surface area (Å²) >= 11 is 3.34. The molecule has 0 unspecified atom stereocenters. The van der Waals surface area contributed by atoms with E-state index >= 15 is 0 Å². The van der Waals surface area contributed by atoms with Gasteiger partial charge in [0.2, 0.25) is 0 Å². The first-order valence-corrected chi connectivity index (χ1v) is 4.01. The molecule has 0 saturated carbocycles. The van der Waals surface area contributed by atoms with Gasteiger partial charge in [-0.15, -0.1) is 0 Å². The fourth-order valence-corrected chi connectivity index (χ4v) is 0.861. The Hall–Kier alpha value is 0.220. The highest BCUT2D eigenvalue weighted by atomic mass is 79.9. The summed E-state index contributed by atoms with van der Waals surface area (Å²) in [6.07, 6.45) is 1.14. The van der Waals surface area contributed by atoms with Gasteiger partial charge in [0.15, 0.2) is 0 Å². The third-order valence-electron chi connectivity index (χ3n) is 0.886. The standard InChI is InChI=1S/C7H13Br/c1-6(2)4-7(3)5-8/h6H,3-5H2,1-2H3. The van der Waals surface area contributed by atoms with Crippen LogP contribution in [0.2, 0.25) is 0 Å². The normalized spacial score (nSPS) is 10.0. The summed E-state index contributed by atoms with van der Waals surface area (Å²) in [4.78, 5) is 0. The summed E-state index contributed by atoms with van der Waals surface area (Å²) in [5.41, 5.74) is 1.29. The van der Waals surface area contributed by atoms with Crippen LogP contribution < -0.4 is 0 Å². The molecule has 0 aromatic carbocycles. The highest BCUT2D eigenvalue weighted by molar-refractivity contribution is 9.09. The Morgan fingerprint density at radius 1 is 1.62 bits per heavy atom. The molecule has 0 aliphatic rings. The Labute approximate surface area is 60.1 Å². The maximum atomic E-state index is 3.87. The topological polar surface area (TPSA) is 0 Å². The second kappa shape index (κ2) is 4.13. The fourth-order valence-electron chi connectivity index (χ4n) is 0.632. The molecule has 0 aromatic heterocycles. The lowest BCUT2D eigenvalue weighted by Crippen LogP contribution is -1.89. The molecule has 0 amide bonds. The second-order valence-electron chi connectivity index (χ2n) is 2.48. The van der Waals surface area contributed by atoms with Gasteiger partial charge in [0.05, 0.1) is 0 Å². The molecule has 0 N–H and O–H groups in total. The van der Waals surface area contributed by atoms with E-state index in [0.29, 0.717) is 0 Å². The molecule has 48 valence electrons. The number of rotatable bonds is 3. The van der Waals surface area contributed by atoms with Crippen molar-refractivity contribution in [3.8, 4) is 0 Å². The minimum Gasteiger partial charge on any atom is -0.0990 e. The van der Waals surface area contributed by atoms with Gasteiger partial charge in [-0.2, -0.15) is 0 Å². The van der Waals surface area contributed by atoms with Crippen molar-refractivity contribution in [3.05, 3.63) is 12.2 Å². The van der Waals surface area contributed by atoms with E-state index in [1.807, 2.05) is 0 Å². The van der Waals surface area contributed by atoms with Crippen molar-refractivity contribution >= 4 is 15.9 Å². The van der Waals surface area contributed by atoms with Crippen LogP contribution in [0.15, 0.2) is 12.2 Å². The summed E-state index contributed by atoms with van der Waals surface area (Å²) in [5, 5.41) is 0.950. The molecule has 0 nitrogen and oxygen atoms in total. The van der Waals surface area contributed by atoms with Crippen LogP contribution in [0.1, 0.15) is 20.3 Å². The zero-order valence-electron chi connectivity index (χ0n) is 5.58. The highest BCUT2D eigenvalue weighted by Crippen LogP contribution is 2.09. The largest absolute Gasteiger partial charge is 0.0990 e. The zero-order chi connectivity index (χ0) is 6.57. The molecule has 0 heterocycles. The summed E-state index contributed by atoms with van der Waals surface area (Å²) in [5.74, 6) is 0.750. The molecular formula is C7H13Br.